The van der Waals surface area contributed by atoms with E-state index >= 15 is 0 Å². The van der Waals surface area contributed by atoms with Crippen LogP contribution in [0.1, 0.15) is 239 Å². The van der Waals surface area contributed by atoms with Crippen LogP contribution in [0.25, 0.3) is 0 Å². The van der Waals surface area contributed by atoms with Crippen LogP contribution in [-0.4, -0.2) is 37.2 Å². The Balaban J connectivity index is 4.42. The van der Waals surface area contributed by atoms with E-state index < -0.39 is 6.10 Å². The normalized spacial score (nSPS) is 12.7. The van der Waals surface area contributed by atoms with Crippen molar-refractivity contribution < 1.29 is 28.6 Å². The minimum absolute atomic E-state index is 0.0958. The molecule has 0 heterocycles. The van der Waals surface area contributed by atoms with Crippen LogP contribution < -0.4 is 0 Å². The van der Waals surface area contributed by atoms with Crippen molar-refractivity contribution in [2.75, 3.05) is 13.2 Å². The molecule has 360 valence electrons. The molecule has 0 spiro atoms. The van der Waals surface area contributed by atoms with Gasteiger partial charge < -0.3 is 14.2 Å². The third kappa shape index (κ3) is 49.5. The minimum atomic E-state index is -0.798. The molecule has 0 saturated carbocycles. The van der Waals surface area contributed by atoms with Crippen molar-refractivity contribution in [1.29, 1.82) is 0 Å². The molecule has 0 bridgehead atoms. The average Bonchev–Trinajstić information content (AvgIpc) is 3.28. The second kappa shape index (κ2) is 51.2. The molecular formula is C57H96O6. The first-order chi connectivity index (χ1) is 31.0. The van der Waals surface area contributed by atoms with Crippen molar-refractivity contribution in [2.24, 2.45) is 0 Å². The van der Waals surface area contributed by atoms with Gasteiger partial charge in [-0.15, -0.1) is 0 Å². The first-order valence-electron chi connectivity index (χ1n) is 26.1. The van der Waals surface area contributed by atoms with Crippen LogP contribution in [0.15, 0.2) is 85.1 Å². The summed E-state index contributed by atoms with van der Waals surface area (Å²) in [5, 5.41) is 0. The van der Waals surface area contributed by atoms with Crippen LogP contribution in [0.4, 0.5) is 0 Å². The van der Waals surface area contributed by atoms with E-state index in [1.54, 1.807) is 0 Å². The SMILES string of the molecule is CC\C=C/C=C\C=C/C=C\CCCCCCCC(=O)OC(COC(=O)CCCCCCC/C=C\C/C=C\CC)COC(=O)CCCCCCC/C=C\CCCCCCCCCCC. The van der Waals surface area contributed by atoms with Gasteiger partial charge in [0.25, 0.3) is 0 Å². The number of ether oxygens (including phenoxy) is 3. The van der Waals surface area contributed by atoms with Crippen LogP contribution >= 0.6 is 0 Å². The summed E-state index contributed by atoms with van der Waals surface area (Å²) in [7, 11) is 0. The second-order valence-electron chi connectivity index (χ2n) is 17.1. The monoisotopic (exact) mass is 877 g/mol. The van der Waals surface area contributed by atoms with Gasteiger partial charge in [0.15, 0.2) is 6.10 Å². The van der Waals surface area contributed by atoms with Gasteiger partial charge in [-0.3, -0.25) is 14.4 Å². The van der Waals surface area contributed by atoms with Crippen LogP contribution in [0.3, 0.4) is 0 Å². The van der Waals surface area contributed by atoms with Gasteiger partial charge in [-0.25, -0.2) is 0 Å². The first kappa shape index (κ1) is 59.6. The van der Waals surface area contributed by atoms with E-state index in [9.17, 15) is 14.4 Å². The number of allylic oxidation sites excluding steroid dienone is 14. The zero-order valence-electron chi connectivity index (χ0n) is 41.1. The molecule has 63 heavy (non-hydrogen) atoms. The number of hydrogen-bond donors (Lipinski definition) is 0. The third-order valence-corrected chi connectivity index (χ3v) is 11.0. The van der Waals surface area contributed by atoms with E-state index in [1.165, 1.54) is 77.0 Å². The number of esters is 3. The average molecular weight is 877 g/mol. The van der Waals surface area contributed by atoms with Crippen LogP contribution in [0.2, 0.25) is 0 Å². The Morgan fingerprint density at radius 2 is 0.698 bits per heavy atom. The molecule has 0 aromatic rings. The second-order valence-corrected chi connectivity index (χ2v) is 17.1. The summed E-state index contributed by atoms with van der Waals surface area (Å²) >= 11 is 0. The standard InChI is InChI=1S/C57H96O6/c1-4-7-10-13-16-19-22-25-27-28-29-31-32-35-38-41-44-47-50-56(59)62-53-54(52-61-55(58)49-46-43-40-37-34-24-21-18-15-12-9-6-3)63-57(60)51-48-45-42-39-36-33-30-26-23-20-17-14-11-8-5-2/h8-9,11-12,14,17-18,20-21,23,26,29-31,54H,4-7,10,13,15-16,19,22,24-25,27-28,32-53H2,1-3H3/b11-8-,12-9-,17-14-,21-18-,23-20-,30-26-,31-29-. The largest absolute Gasteiger partial charge is 0.462 e. The fraction of sp³-hybridized carbons (Fsp3) is 0.702. The Morgan fingerprint density at radius 3 is 1.16 bits per heavy atom. The maximum absolute atomic E-state index is 12.8. The van der Waals surface area contributed by atoms with Crippen LogP contribution in [-0.2, 0) is 28.6 Å². The Hall–Kier alpha value is -3.41. The van der Waals surface area contributed by atoms with E-state index in [0.717, 1.165) is 122 Å². The first-order valence-corrected chi connectivity index (χ1v) is 26.1. The molecule has 0 saturated heterocycles. The topological polar surface area (TPSA) is 78.9 Å². The van der Waals surface area contributed by atoms with Gasteiger partial charge in [0.05, 0.1) is 0 Å². The highest BCUT2D eigenvalue weighted by molar-refractivity contribution is 5.71. The fourth-order valence-electron chi connectivity index (χ4n) is 7.07. The van der Waals surface area contributed by atoms with E-state index in [0.29, 0.717) is 19.3 Å². The third-order valence-electron chi connectivity index (χ3n) is 11.0. The molecule has 0 radical (unpaired) electrons. The van der Waals surface area contributed by atoms with E-state index in [1.807, 2.05) is 18.2 Å². The molecular weight excluding hydrogens is 781 g/mol. The Labute approximate surface area is 388 Å². The Bertz CT molecular complexity index is 1240. The molecule has 0 aromatic carbocycles. The summed E-state index contributed by atoms with van der Waals surface area (Å²) in [6, 6.07) is 0. The van der Waals surface area contributed by atoms with Crippen molar-refractivity contribution in [1.82, 2.24) is 0 Å². The van der Waals surface area contributed by atoms with Crippen LogP contribution in [0, 0.1) is 0 Å². The van der Waals surface area contributed by atoms with Gasteiger partial charge in [-0.1, -0.05) is 215 Å². The van der Waals surface area contributed by atoms with Crippen molar-refractivity contribution in [3.05, 3.63) is 85.1 Å². The lowest BCUT2D eigenvalue weighted by atomic mass is 10.1. The number of unbranched alkanes of at least 4 members (excludes halogenated alkanes) is 24. The molecule has 0 aromatic heterocycles. The molecule has 0 aliphatic rings. The summed E-state index contributed by atoms with van der Waals surface area (Å²) in [5.74, 6) is -0.942. The van der Waals surface area contributed by atoms with E-state index in [4.69, 9.17) is 14.2 Å². The zero-order chi connectivity index (χ0) is 45.8. The lowest BCUT2D eigenvalue weighted by Gasteiger charge is -2.18. The predicted octanol–water partition coefficient (Wildman–Crippen LogP) is 17.2. The summed E-state index contributed by atoms with van der Waals surface area (Å²) in [5.41, 5.74) is 0. The maximum atomic E-state index is 12.8. The smallest absolute Gasteiger partial charge is 0.306 e. The highest BCUT2D eigenvalue weighted by atomic mass is 16.6. The number of carbonyl (C=O) groups excluding carboxylic acids is 3. The Morgan fingerprint density at radius 1 is 0.349 bits per heavy atom. The number of rotatable bonds is 46. The van der Waals surface area contributed by atoms with Gasteiger partial charge in [0.2, 0.25) is 0 Å². The molecule has 1 atom stereocenters. The van der Waals surface area contributed by atoms with Crippen molar-refractivity contribution >= 4 is 17.9 Å². The molecule has 0 amide bonds. The van der Waals surface area contributed by atoms with Crippen molar-refractivity contribution in [3.63, 3.8) is 0 Å². The molecule has 0 aliphatic carbocycles. The quantitative estimate of drug-likeness (QED) is 0.0199. The van der Waals surface area contributed by atoms with Crippen molar-refractivity contribution in [2.45, 2.75) is 245 Å². The zero-order valence-corrected chi connectivity index (χ0v) is 41.1. The fourth-order valence-corrected chi connectivity index (χ4v) is 7.07. The number of carbonyl (C=O) groups is 3. The van der Waals surface area contributed by atoms with Gasteiger partial charge in [0, 0.05) is 19.3 Å². The van der Waals surface area contributed by atoms with Crippen molar-refractivity contribution in [3.8, 4) is 0 Å². The summed E-state index contributed by atoms with van der Waals surface area (Å²) in [6.45, 7) is 6.35. The van der Waals surface area contributed by atoms with Gasteiger partial charge in [0.1, 0.15) is 13.2 Å². The Kier molecular flexibility index (Phi) is 48.5. The maximum Gasteiger partial charge on any atom is 0.306 e. The van der Waals surface area contributed by atoms with E-state index in [2.05, 4.69) is 87.6 Å². The molecule has 6 nitrogen and oxygen atoms in total. The highest BCUT2D eigenvalue weighted by Gasteiger charge is 2.19. The van der Waals surface area contributed by atoms with Crippen LogP contribution in [0.5, 0.6) is 0 Å². The van der Waals surface area contributed by atoms with Gasteiger partial charge >= 0.3 is 17.9 Å². The lowest BCUT2D eigenvalue weighted by Crippen LogP contribution is -2.30. The lowest BCUT2D eigenvalue weighted by molar-refractivity contribution is -0.167. The summed E-state index contributed by atoms with van der Waals surface area (Å²) < 4.78 is 16.8. The molecule has 0 aliphatic heterocycles. The molecule has 6 heteroatoms. The molecule has 1 unspecified atom stereocenters. The molecule has 0 rings (SSSR count). The molecule has 0 N–H and O–H groups in total. The molecule has 0 fully saturated rings. The summed E-state index contributed by atoms with van der Waals surface area (Å²) in [4.78, 5) is 38.0. The number of hydrogen-bond acceptors (Lipinski definition) is 6. The van der Waals surface area contributed by atoms with E-state index in [-0.39, 0.29) is 31.1 Å². The van der Waals surface area contributed by atoms with Gasteiger partial charge in [-0.05, 0) is 89.9 Å². The predicted molar refractivity (Wildman–Crippen MR) is 270 cm³/mol. The highest BCUT2D eigenvalue weighted by Crippen LogP contribution is 2.14. The summed E-state index contributed by atoms with van der Waals surface area (Å²) in [6.07, 6.45) is 65.7. The van der Waals surface area contributed by atoms with Gasteiger partial charge in [-0.2, -0.15) is 0 Å². The minimum Gasteiger partial charge on any atom is -0.462 e.